The SMILES string of the molecule is COC(=O)[C@@H](O)C1CCN(Cc2cn(C)nc2C2CCCCC2)CC1. The summed E-state index contributed by atoms with van der Waals surface area (Å²) in [4.78, 5) is 13.9. The van der Waals surface area contributed by atoms with Crippen molar-refractivity contribution in [3.05, 3.63) is 17.5 Å². The van der Waals surface area contributed by atoms with E-state index in [1.807, 2.05) is 11.7 Å². The van der Waals surface area contributed by atoms with Crippen LogP contribution in [0.4, 0.5) is 0 Å². The van der Waals surface area contributed by atoms with Crippen LogP contribution in [0.15, 0.2) is 6.20 Å². The number of aryl methyl sites for hydroxylation is 1. The third-order valence-electron chi connectivity index (χ3n) is 5.84. The van der Waals surface area contributed by atoms with E-state index in [9.17, 15) is 9.90 Å². The minimum Gasteiger partial charge on any atom is -0.467 e. The zero-order chi connectivity index (χ0) is 17.8. The Morgan fingerprint density at radius 2 is 1.96 bits per heavy atom. The lowest BCUT2D eigenvalue weighted by atomic mass is 9.85. The van der Waals surface area contributed by atoms with Gasteiger partial charge in [0.2, 0.25) is 0 Å². The highest BCUT2D eigenvalue weighted by atomic mass is 16.5. The summed E-state index contributed by atoms with van der Waals surface area (Å²) in [6, 6.07) is 0. The van der Waals surface area contributed by atoms with Crippen LogP contribution in [0.1, 0.15) is 62.1 Å². The second-order valence-electron chi connectivity index (χ2n) is 7.63. The second-order valence-corrected chi connectivity index (χ2v) is 7.63. The van der Waals surface area contributed by atoms with Crippen molar-refractivity contribution in [1.29, 1.82) is 0 Å². The van der Waals surface area contributed by atoms with Gasteiger partial charge in [0.15, 0.2) is 6.10 Å². The summed E-state index contributed by atoms with van der Waals surface area (Å²) in [5, 5.41) is 14.8. The van der Waals surface area contributed by atoms with Crippen molar-refractivity contribution in [1.82, 2.24) is 14.7 Å². The Hall–Kier alpha value is -1.40. The second kappa shape index (κ2) is 8.32. The van der Waals surface area contributed by atoms with Gasteiger partial charge >= 0.3 is 5.97 Å². The molecular weight excluding hydrogens is 318 g/mol. The average molecular weight is 349 g/mol. The normalized spacial score (nSPS) is 22.0. The van der Waals surface area contributed by atoms with Gasteiger partial charge < -0.3 is 9.84 Å². The Morgan fingerprint density at radius 1 is 1.28 bits per heavy atom. The fourth-order valence-electron chi connectivity index (χ4n) is 4.38. The molecule has 1 aliphatic carbocycles. The highest BCUT2D eigenvalue weighted by Gasteiger charge is 2.31. The molecule has 140 valence electrons. The average Bonchev–Trinajstić information content (AvgIpc) is 3.02. The summed E-state index contributed by atoms with van der Waals surface area (Å²) >= 11 is 0. The number of hydrogen-bond donors (Lipinski definition) is 1. The number of piperidine rings is 1. The number of aliphatic hydroxyl groups excluding tert-OH is 1. The Morgan fingerprint density at radius 3 is 2.60 bits per heavy atom. The number of ether oxygens (including phenoxy) is 1. The van der Waals surface area contributed by atoms with Crippen molar-refractivity contribution in [3.63, 3.8) is 0 Å². The fraction of sp³-hybridized carbons (Fsp3) is 0.789. The van der Waals surface area contributed by atoms with Crippen LogP contribution in [0, 0.1) is 5.92 Å². The molecule has 0 radical (unpaired) electrons. The molecular formula is C19H31N3O3. The molecule has 1 aromatic heterocycles. The van der Waals surface area contributed by atoms with Crippen LogP contribution >= 0.6 is 0 Å². The molecule has 25 heavy (non-hydrogen) atoms. The molecule has 3 rings (SSSR count). The van der Waals surface area contributed by atoms with Crippen molar-refractivity contribution in [2.24, 2.45) is 13.0 Å². The molecule has 1 aromatic rings. The first-order valence-corrected chi connectivity index (χ1v) is 9.59. The number of carbonyl (C=O) groups is 1. The molecule has 1 atom stereocenters. The number of aliphatic hydroxyl groups is 1. The Kier molecular flexibility index (Phi) is 6.12. The maximum absolute atomic E-state index is 11.5. The van der Waals surface area contributed by atoms with Gasteiger partial charge in [-0.25, -0.2) is 4.79 Å². The molecule has 0 unspecified atom stereocenters. The van der Waals surface area contributed by atoms with Gasteiger partial charge in [-0.2, -0.15) is 5.10 Å². The highest BCUT2D eigenvalue weighted by Crippen LogP contribution is 2.34. The third kappa shape index (κ3) is 4.42. The van der Waals surface area contributed by atoms with Gasteiger partial charge in [0.1, 0.15) is 0 Å². The molecule has 2 heterocycles. The maximum Gasteiger partial charge on any atom is 0.334 e. The lowest BCUT2D eigenvalue weighted by molar-refractivity contribution is -0.154. The molecule has 0 amide bonds. The van der Waals surface area contributed by atoms with E-state index in [0.29, 0.717) is 5.92 Å². The first kappa shape index (κ1) is 18.4. The van der Waals surface area contributed by atoms with Gasteiger partial charge in [-0.15, -0.1) is 0 Å². The predicted octanol–water partition coefficient (Wildman–Crippen LogP) is 2.21. The standard InChI is InChI=1S/C19H31N3O3/c1-21-12-16(17(20-21)14-6-4-3-5-7-14)13-22-10-8-15(9-11-22)18(23)19(24)25-2/h12,14-15,18,23H,3-11,13H2,1-2H3/t18-/m0/s1. The molecule has 1 saturated carbocycles. The molecule has 1 saturated heterocycles. The van der Waals surface area contributed by atoms with Crippen LogP contribution < -0.4 is 0 Å². The van der Waals surface area contributed by atoms with Crippen molar-refractivity contribution in [2.75, 3.05) is 20.2 Å². The monoisotopic (exact) mass is 349 g/mol. The van der Waals surface area contributed by atoms with E-state index >= 15 is 0 Å². The van der Waals surface area contributed by atoms with Crippen molar-refractivity contribution >= 4 is 5.97 Å². The zero-order valence-corrected chi connectivity index (χ0v) is 15.5. The van der Waals surface area contributed by atoms with Crippen LogP contribution in [0.25, 0.3) is 0 Å². The fourth-order valence-corrected chi connectivity index (χ4v) is 4.38. The van der Waals surface area contributed by atoms with Crippen LogP contribution in [-0.4, -0.2) is 52.1 Å². The largest absolute Gasteiger partial charge is 0.467 e. The lowest BCUT2D eigenvalue weighted by Gasteiger charge is -2.33. The van der Waals surface area contributed by atoms with Crippen molar-refractivity contribution < 1.29 is 14.6 Å². The minimum atomic E-state index is -0.983. The summed E-state index contributed by atoms with van der Waals surface area (Å²) in [7, 11) is 3.34. The molecule has 0 bridgehead atoms. The molecule has 6 nitrogen and oxygen atoms in total. The number of methoxy groups -OCH3 is 1. The minimum absolute atomic E-state index is 0.00964. The number of rotatable bonds is 5. The Labute approximate surface area is 150 Å². The maximum atomic E-state index is 11.5. The van der Waals surface area contributed by atoms with E-state index in [1.54, 1.807) is 0 Å². The van der Waals surface area contributed by atoms with Crippen molar-refractivity contribution in [2.45, 2.75) is 63.5 Å². The van der Waals surface area contributed by atoms with Crippen LogP contribution in [0.2, 0.25) is 0 Å². The number of aromatic nitrogens is 2. The van der Waals surface area contributed by atoms with E-state index in [-0.39, 0.29) is 5.92 Å². The first-order chi connectivity index (χ1) is 12.1. The van der Waals surface area contributed by atoms with Gasteiger partial charge in [0.25, 0.3) is 0 Å². The Balaban J connectivity index is 1.58. The van der Waals surface area contributed by atoms with E-state index in [2.05, 4.69) is 15.8 Å². The molecule has 0 aromatic carbocycles. The summed E-state index contributed by atoms with van der Waals surface area (Å²) in [5.74, 6) is 0.115. The number of likely N-dealkylation sites (tertiary alicyclic amines) is 1. The van der Waals surface area contributed by atoms with Gasteiger partial charge in [-0.1, -0.05) is 19.3 Å². The molecule has 6 heteroatoms. The number of esters is 1. The lowest BCUT2D eigenvalue weighted by Crippen LogP contribution is -2.40. The third-order valence-corrected chi connectivity index (χ3v) is 5.84. The van der Waals surface area contributed by atoms with Crippen LogP contribution in [0.3, 0.4) is 0 Å². The summed E-state index contributed by atoms with van der Waals surface area (Å²) < 4.78 is 6.61. The molecule has 1 aliphatic heterocycles. The number of nitrogens with zero attached hydrogens (tertiary/aromatic N) is 3. The van der Waals surface area contributed by atoms with Gasteiger partial charge in [-0.05, 0) is 44.7 Å². The number of hydrogen-bond acceptors (Lipinski definition) is 5. The summed E-state index contributed by atoms with van der Waals surface area (Å²) in [5.41, 5.74) is 2.64. The number of carbonyl (C=O) groups excluding carboxylic acids is 1. The van der Waals surface area contributed by atoms with Gasteiger partial charge in [0, 0.05) is 31.3 Å². The van der Waals surface area contributed by atoms with E-state index in [1.165, 1.54) is 50.5 Å². The topological polar surface area (TPSA) is 67.6 Å². The van der Waals surface area contributed by atoms with Crippen LogP contribution in [0.5, 0.6) is 0 Å². The summed E-state index contributed by atoms with van der Waals surface area (Å²) in [6.07, 6.45) is 9.35. The van der Waals surface area contributed by atoms with Gasteiger partial charge in [0.05, 0.1) is 12.8 Å². The summed E-state index contributed by atoms with van der Waals surface area (Å²) in [6.45, 7) is 2.72. The van der Waals surface area contributed by atoms with Gasteiger partial charge in [-0.3, -0.25) is 9.58 Å². The Bertz CT molecular complexity index is 572. The predicted molar refractivity (Wildman–Crippen MR) is 95.1 cm³/mol. The molecule has 1 N–H and O–H groups in total. The van der Waals surface area contributed by atoms with E-state index in [4.69, 9.17) is 5.10 Å². The van der Waals surface area contributed by atoms with Crippen molar-refractivity contribution in [3.8, 4) is 0 Å². The quantitative estimate of drug-likeness (QED) is 0.826. The van der Waals surface area contributed by atoms with E-state index < -0.39 is 12.1 Å². The molecule has 2 fully saturated rings. The smallest absolute Gasteiger partial charge is 0.334 e. The molecule has 0 spiro atoms. The first-order valence-electron chi connectivity index (χ1n) is 9.59. The zero-order valence-electron chi connectivity index (χ0n) is 15.5. The highest BCUT2D eigenvalue weighted by molar-refractivity contribution is 5.74. The molecule has 2 aliphatic rings. The van der Waals surface area contributed by atoms with Crippen LogP contribution in [-0.2, 0) is 23.1 Å². The van der Waals surface area contributed by atoms with E-state index in [0.717, 1.165) is 32.5 Å².